The summed E-state index contributed by atoms with van der Waals surface area (Å²) in [5, 5.41) is 13.6. The molecule has 1 aliphatic carbocycles. The van der Waals surface area contributed by atoms with Gasteiger partial charge in [-0.05, 0) is 25.2 Å². The van der Waals surface area contributed by atoms with Gasteiger partial charge < -0.3 is 14.7 Å². The van der Waals surface area contributed by atoms with Gasteiger partial charge in [-0.15, -0.1) is 0 Å². The fourth-order valence-corrected chi connectivity index (χ4v) is 3.68. The molecule has 2 unspecified atom stereocenters. The Balaban J connectivity index is 1.86. The lowest BCUT2D eigenvalue weighted by molar-refractivity contribution is -0.137. The van der Waals surface area contributed by atoms with Crippen LogP contribution < -0.4 is 0 Å². The first-order valence-electron chi connectivity index (χ1n) is 9.02. The van der Waals surface area contributed by atoms with Crippen LogP contribution in [0.25, 0.3) is 0 Å². The maximum Gasteiger partial charge on any atom is 0.305 e. The largest absolute Gasteiger partial charge is 0.481 e. The highest BCUT2D eigenvalue weighted by atomic mass is 16.5. The monoisotopic (exact) mass is 349 g/mol. The minimum absolute atomic E-state index is 0.0511. The summed E-state index contributed by atoms with van der Waals surface area (Å²) < 4.78 is 7.34. The average molecular weight is 349 g/mol. The van der Waals surface area contributed by atoms with Gasteiger partial charge in [0, 0.05) is 32.2 Å². The van der Waals surface area contributed by atoms with Crippen molar-refractivity contribution < 1.29 is 19.4 Å². The van der Waals surface area contributed by atoms with Crippen molar-refractivity contribution in [2.45, 2.75) is 64.1 Å². The Hall–Kier alpha value is -1.89. The highest BCUT2D eigenvalue weighted by molar-refractivity contribution is 5.96. The molecule has 1 aromatic rings. The molecule has 138 valence electrons. The van der Waals surface area contributed by atoms with Crippen molar-refractivity contribution in [3.05, 3.63) is 17.5 Å². The zero-order valence-electron chi connectivity index (χ0n) is 15.1. The quantitative estimate of drug-likeness (QED) is 0.815. The van der Waals surface area contributed by atoms with E-state index in [-0.39, 0.29) is 24.5 Å². The van der Waals surface area contributed by atoms with Gasteiger partial charge in [-0.1, -0.05) is 13.8 Å². The highest BCUT2D eigenvalue weighted by Crippen LogP contribution is 2.42. The van der Waals surface area contributed by atoms with Gasteiger partial charge in [0.25, 0.3) is 5.91 Å². The molecule has 0 bridgehead atoms. The zero-order valence-corrected chi connectivity index (χ0v) is 15.1. The number of nitrogens with zero attached hydrogens (tertiary/aromatic N) is 3. The Morgan fingerprint density at radius 1 is 1.40 bits per heavy atom. The minimum Gasteiger partial charge on any atom is -0.481 e. The lowest BCUT2D eigenvalue weighted by atomic mass is 10.1. The van der Waals surface area contributed by atoms with Crippen molar-refractivity contribution in [2.75, 3.05) is 13.7 Å². The summed E-state index contributed by atoms with van der Waals surface area (Å²) in [6.07, 6.45) is 4.24. The lowest BCUT2D eigenvalue weighted by Gasteiger charge is -2.23. The summed E-state index contributed by atoms with van der Waals surface area (Å²) in [5.41, 5.74) is 1.66. The molecule has 0 spiro atoms. The smallest absolute Gasteiger partial charge is 0.305 e. The summed E-state index contributed by atoms with van der Waals surface area (Å²) >= 11 is 0. The molecule has 2 fully saturated rings. The molecule has 2 heterocycles. The van der Waals surface area contributed by atoms with Crippen LogP contribution >= 0.6 is 0 Å². The van der Waals surface area contributed by atoms with Crippen LogP contribution in [0.2, 0.25) is 0 Å². The van der Waals surface area contributed by atoms with E-state index in [1.165, 1.54) is 0 Å². The fraction of sp³-hybridized carbons (Fsp3) is 0.722. The summed E-state index contributed by atoms with van der Waals surface area (Å²) in [6.45, 7) is 5.49. The molecule has 1 amide bonds. The van der Waals surface area contributed by atoms with Crippen molar-refractivity contribution in [1.82, 2.24) is 14.7 Å². The number of amides is 1. The molecule has 0 radical (unpaired) electrons. The van der Waals surface area contributed by atoms with Gasteiger partial charge in [0.2, 0.25) is 0 Å². The van der Waals surface area contributed by atoms with E-state index < -0.39 is 5.97 Å². The number of carbonyl (C=O) groups is 2. The van der Waals surface area contributed by atoms with Gasteiger partial charge in [0.15, 0.2) is 0 Å². The second-order valence-corrected chi connectivity index (χ2v) is 7.60. The molecule has 2 atom stereocenters. The van der Waals surface area contributed by atoms with Gasteiger partial charge in [-0.2, -0.15) is 5.10 Å². The van der Waals surface area contributed by atoms with E-state index in [0.29, 0.717) is 30.4 Å². The van der Waals surface area contributed by atoms with E-state index in [2.05, 4.69) is 18.9 Å². The minimum atomic E-state index is -0.891. The molecule has 7 nitrogen and oxygen atoms in total. The van der Waals surface area contributed by atoms with Crippen molar-refractivity contribution in [3.8, 4) is 0 Å². The molecule has 1 aromatic heterocycles. The number of carbonyl (C=O) groups excluding carboxylic acids is 1. The molecule has 1 saturated carbocycles. The normalized spacial score (nSPS) is 23.4. The van der Waals surface area contributed by atoms with Crippen LogP contribution in [-0.2, 0) is 16.1 Å². The topological polar surface area (TPSA) is 84.7 Å². The number of carboxylic acids is 1. The molecule has 2 aliphatic rings. The predicted octanol–water partition coefficient (Wildman–Crippen LogP) is 2.12. The molecule has 1 aliphatic heterocycles. The van der Waals surface area contributed by atoms with Crippen molar-refractivity contribution >= 4 is 11.9 Å². The molecular formula is C18H27N3O4. The number of hydrogen-bond acceptors (Lipinski definition) is 4. The Labute approximate surface area is 147 Å². The second kappa shape index (κ2) is 7.15. The lowest BCUT2D eigenvalue weighted by Crippen LogP contribution is -2.37. The Bertz CT molecular complexity index is 651. The third-order valence-corrected chi connectivity index (χ3v) is 4.99. The summed E-state index contributed by atoms with van der Waals surface area (Å²) in [5.74, 6) is -0.149. The van der Waals surface area contributed by atoms with Gasteiger partial charge in [0.05, 0.1) is 30.0 Å². The van der Waals surface area contributed by atoms with E-state index >= 15 is 0 Å². The molecule has 1 N–H and O–H groups in total. The molecule has 3 rings (SSSR count). The van der Waals surface area contributed by atoms with E-state index in [0.717, 1.165) is 25.1 Å². The SMILES string of the molecule is COC1CC(CC(=O)O)N(C(=O)c2cnn(CC(C)C)c2C2CC2)C1. The first-order valence-corrected chi connectivity index (χ1v) is 9.02. The summed E-state index contributed by atoms with van der Waals surface area (Å²) in [7, 11) is 1.60. The van der Waals surface area contributed by atoms with Crippen LogP contribution in [0, 0.1) is 5.92 Å². The molecule has 1 saturated heterocycles. The number of aliphatic carboxylic acids is 1. The highest BCUT2D eigenvalue weighted by Gasteiger charge is 2.40. The van der Waals surface area contributed by atoms with Gasteiger partial charge in [-0.3, -0.25) is 14.3 Å². The van der Waals surface area contributed by atoms with Crippen molar-refractivity contribution in [3.63, 3.8) is 0 Å². The number of likely N-dealkylation sites (tertiary alicyclic amines) is 1. The third-order valence-electron chi connectivity index (χ3n) is 4.99. The number of ether oxygens (including phenoxy) is 1. The average Bonchev–Trinajstić information content (AvgIpc) is 3.17. The van der Waals surface area contributed by atoms with Crippen LogP contribution in [0.15, 0.2) is 6.20 Å². The van der Waals surface area contributed by atoms with Crippen molar-refractivity contribution in [2.24, 2.45) is 5.92 Å². The number of aromatic nitrogens is 2. The van der Waals surface area contributed by atoms with Crippen LogP contribution in [0.4, 0.5) is 0 Å². The van der Waals surface area contributed by atoms with Gasteiger partial charge >= 0.3 is 5.97 Å². The maximum atomic E-state index is 13.2. The Morgan fingerprint density at radius 2 is 2.12 bits per heavy atom. The number of methoxy groups -OCH3 is 1. The zero-order chi connectivity index (χ0) is 18.1. The maximum absolute atomic E-state index is 13.2. The van der Waals surface area contributed by atoms with Crippen LogP contribution in [0.3, 0.4) is 0 Å². The fourth-order valence-electron chi connectivity index (χ4n) is 3.68. The molecule has 25 heavy (non-hydrogen) atoms. The van der Waals surface area contributed by atoms with E-state index in [1.54, 1.807) is 18.2 Å². The Morgan fingerprint density at radius 3 is 2.68 bits per heavy atom. The molecule has 0 aromatic carbocycles. The first kappa shape index (κ1) is 17.9. The summed E-state index contributed by atoms with van der Waals surface area (Å²) in [6, 6.07) is -0.324. The standard InChI is InChI=1S/C18H27N3O4/c1-11(2)9-21-17(12-4-5-12)15(8-19-21)18(24)20-10-14(25-3)6-13(20)7-16(22)23/h8,11-14H,4-7,9-10H2,1-3H3,(H,22,23). The second-order valence-electron chi connectivity index (χ2n) is 7.60. The number of hydrogen-bond donors (Lipinski definition) is 1. The number of rotatable bonds is 7. The van der Waals surface area contributed by atoms with E-state index in [9.17, 15) is 9.59 Å². The molecule has 7 heteroatoms. The van der Waals surface area contributed by atoms with Gasteiger partial charge in [0.1, 0.15) is 0 Å². The summed E-state index contributed by atoms with van der Waals surface area (Å²) in [4.78, 5) is 26.0. The van der Waals surface area contributed by atoms with E-state index in [1.807, 2.05) is 4.68 Å². The predicted molar refractivity (Wildman–Crippen MR) is 91.5 cm³/mol. The van der Waals surface area contributed by atoms with Crippen molar-refractivity contribution in [1.29, 1.82) is 0 Å². The van der Waals surface area contributed by atoms with Crippen LogP contribution in [-0.4, -0.2) is 57.5 Å². The first-order chi connectivity index (χ1) is 11.9. The van der Waals surface area contributed by atoms with Gasteiger partial charge in [-0.25, -0.2) is 0 Å². The Kier molecular flexibility index (Phi) is 5.13. The van der Waals surface area contributed by atoms with Crippen LogP contribution in [0.1, 0.15) is 61.5 Å². The number of carboxylic acid groups (broad SMARTS) is 1. The third kappa shape index (κ3) is 3.86. The van der Waals surface area contributed by atoms with Crippen LogP contribution in [0.5, 0.6) is 0 Å². The van der Waals surface area contributed by atoms with E-state index in [4.69, 9.17) is 9.84 Å². The molecular weight excluding hydrogens is 322 g/mol.